The highest BCUT2D eigenvalue weighted by Gasteiger charge is 2.51. The van der Waals surface area contributed by atoms with Crippen molar-refractivity contribution in [1.29, 1.82) is 0 Å². The van der Waals surface area contributed by atoms with Crippen LogP contribution in [-0.2, 0) is 21.8 Å². The molecular formula is C33H44FN3O2S. The molecule has 3 aliphatic heterocycles. The number of fused-ring (bicyclic) bond motifs is 1. The van der Waals surface area contributed by atoms with Crippen molar-refractivity contribution >= 4 is 15.5 Å². The van der Waals surface area contributed by atoms with Crippen LogP contribution in [0.25, 0.3) is 0 Å². The summed E-state index contributed by atoms with van der Waals surface area (Å²) in [6.45, 7) is 7.49. The summed E-state index contributed by atoms with van der Waals surface area (Å²) in [5, 5.41) is -0.154. The van der Waals surface area contributed by atoms with E-state index in [2.05, 4.69) is 27.8 Å². The Kier molecular flexibility index (Phi) is 6.99. The van der Waals surface area contributed by atoms with Crippen molar-refractivity contribution in [3.05, 3.63) is 59.4 Å². The lowest BCUT2D eigenvalue weighted by atomic mass is 9.57. The number of rotatable bonds is 7. The summed E-state index contributed by atoms with van der Waals surface area (Å²) in [5.74, 6) is 1.86. The van der Waals surface area contributed by atoms with Crippen LogP contribution in [0.1, 0.15) is 62.5 Å². The number of benzene rings is 2. The topological polar surface area (TPSA) is 43.9 Å². The van der Waals surface area contributed by atoms with Gasteiger partial charge in [0.25, 0.3) is 0 Å². The molecule has 1 atom stereocenters. The molecule has 0 bridgehead atoms. The molecule has 5 aliphatic rings. The molecule has 0 spiro atoms. The van der Waals surface area contributed by atoms with E-state index < -0.39 is 9.84 Å². The second-order valence-electron chi connectivity index (χ2n) is 13.6. The van der Waals surface area contributed by atoms with Crippen LogP contribution in [-0.4, -0.2) is 69.8 Å². The smallest absolute Gasteiger partial charge is 0.181 e. The van der Waals surface area contributed by atoms with Crippen LogP contribution in [0.2, 0.25) is 0 Å². The Hall–Kier alpha value is -1.96. The first-order valence-corrected chi connectivity index (χ1v) is 17.2. The van der Waals surface area contributed by atoms with Gasteiger partial charge in [-0.2, -0.15) is 0 Å². The summed E-state index contributed by atoms with van der Waals surface area (Å²) in [5.41, 5.74) is 3.90. The third kappa shape index (κ3) is 4.80. The van der Waals surface area contributed by atoms with E-state index in [1.807, 2.05) is 18.2 Å². The average Bonchev–Trinajstić information content (AvgIpc) is 3.66. The summed E-state index contributed by atoms with van der Waals surface area (Å²) in [7, 11) is -0.861. The van der Waals surface area contributed by atoms with Gasteiger partial charge in [0.2, 0.25) is 0 Å². The van der Waals surface area contributed by atoms with E-state index in [9.17, 15) is 12.8 Å². The van der Waals surface area contributed by atoms with E-state index in [0.717, 1.165) is 64.3 Å². The van der Waals surface area contributed by atoms with Crippen molar-refractivity contribution < 1.29 is 12.8 Å². The van der Waals surface area contributed by atoms with Crippen LogP contribution in [0.5, 0.6) is 0 Å². The molecule has 0 N–H and O–H groups in total. The highest BCUT2D eigenvalue weighted by Crippen LogP contribution is 2.53. The van der Waals surface area contributed by atoms with Crippen LogP contribution in [0.3, 0.4) is 0 Å². The first-order chi connectivity index (χ1) is 19.3. The van der Waals surface area contributed by atoms with E-state index in [-0.39, 0.29) is 16.5 Å². The molecule has 7 rings (SSSR count). The van der Waals surface area contributed by atoms with Crippen LogP contribution >= 0.6 is 0 Å². The lowest BCUT2D eigenvalue weighted by Crippen LogP contribution is -2.57. The van der Waals surface area contributed by atoms with Crippen LogP contribution in [0.15, 0.2) is 47.4 Å². The zero-order valence-electron chi connectivity index (χ0n) is 23.9. The molecule has 5 nitrogen and oxygen atoms in total. The summed E-state index contributed by atoms with van der Waals surface area (Å²) in [6.07, 6.45) is 9.22. The molecule has 7 heteroatoms. The monoisotopic (exact) mass is 565 g/mol. The fourth-order valence-corrected chi connectivity index (χ4v) is 10.4. The van der Waals surface area contributed by atoms with Gasteiger partial charge in [-0.05, 0) is 118 Å². The van der Waals surface area contributed by atoms with E-state index in [4.69, 9.17) is 0 Å². The number of likely N-dealkylation sites (tertiary alicyclic amines) is 1. The third-order valence-electron chi connectivity index (χ3n) is 10.9. The van der Waals surface area contributed by atoms with E-state index >= 15 is 0 Å². The standard InChI is InChI=1S/C33H44FN3O2S/c1-35-22-25-6-7-28(34)18-32(25)33(23-35,26-4-2-3-5-26)27-14-16-36(17-15-27)19-24-20-37(21-24)29-8-10-30(11-9-29)40(38,39)31-12-13-31/h6-11,18,24,26-27,31H,2-5,12-17,19-23H2,1H3. The Morgan fingerprint density at radius 1 is 0.900 bits per heavy atom. The average molecular weight is 566 g/mol. The number of hydrogen-bond donors (Lipinski definition) is 0. The van der Waals surface area contributed by atoms with Gasteiger partial charge in [-0.3, -0.25) is 0 Å². The van der Waals surface area contributed by atoms with Gasteiger partial charge in [-0.1, -0.05) is 18.9 Å². The first kappa shape index (κ1) is 26.9. The van der Waals surface area contributed by atoms with E-state index in [1.54, 1.807) is 18.2 Å². The molecule has 1 unspecified atom stereocenters. The largest absolute Gasteiger partial charge is 0.371 e. The third-order valence-corrected chi connectivity index (χ3v) is 13.2. The van der Waals surface area contributed by atoms with Gasteiger partial charge < -0.3 is 14.7 Å². The zero-order chi connectivity index (χ0) is 27.5. The van der Waals surface area contributed by atoms with Crippen LogP contribution < -0.4 is 4.90 Å². The van der Waals surface area contributed by atoms with Gasteiger partial charge in [-0.15, -0.1) is 0 Å². The minimum atomic E-state index is -3.12. The Labute approximate surface area is 239 Å². The first-order valence-electron chi connectivity index (χ1n) is 15.6. The normalized spacial score (nSPS) is 27.6. The molecule has 3 heterocycles. The highest BCUT2D eigenvalue weighted by molar-refractivity contribution is 7.92. The lowest BCUT2D eigenvalue weighted by Gasteiger charge is -2.54. The number of nitrogens with zero attached hydrogens (tertiary/aromatic N) is 3. The number of anilines is 1. The molecule has 2 saturated carbocycles. The van der Waals surface area contributed by atoms with Crippen molar-refractivity contribution in [2.75, 3.05) is 51.2 Å². The van der Waals surface area contributed by atoms with Crippen molar-refractivity contribution in [1.82, 2.24) is 9.80 Å². The molecule has 2 saturated heterocycles. The van der Waals surface area contributed by atoms with Gasteiger partial charge in [0.05, 0.1) is 10.1 Å². The second-order valence-corrected chi connectivity index (χ2v) is 15.8. The Balaban J connectivity index is 0.983. The molecular weight excluding hydrogens is 521 g/mol. The van der Waals surface area contributed by atoms with Crippen molar-refractivity contribution in [2.45, 2.75) is 73.5 Å². The molecule has 0 radical (unpaired) electrons. The SMILES string of the molecule is CN1Cc2ccc(F)cc2C(C2CCCC2)(C2CCN(CC3CN(c4ccc(S(=O)(=O)C5CC5)cc4)C3)CC2)C1. The number of likely N-dealkylation sites (N-methyl/N-ethyl adjacent to an activating group) is 1. The Morgan fingerprint density at radius 2 is 1.57 bits per heavy atom. The fraction of sp³-hybridized carbons (Fsp3) is 0.636. The summed E-state index contributed by atoms with van der Waals surface area (Å²) in [4.78, 5) is 8.03. The minimum Gasteiger partial charge on any atom is -0.371 e. The predicted octanol–water partition coefficient (Wildman–Crippen LogP) is 5.48. The van der Waals surface area contributed by atoms with Gasteiger partial charge >= 0.3 is 0 Å². The molecule has 216 valence electrons. The number of hydrogen-bond acceptors (Lipinski definition) is 5. The maximum atomic E-state index is 14.6. The van der Waals surface area contributed by atoms with Crippen LogP contribution in [0, 0.1) is 23.6 Å². The Morgan fingerprint density at radius 3 is 2.25 bits per heavy atom. The summed E-state index contributed by atoms with van der Waals surface area (Å²) >= 11 is 0. The quantitative estimate of drug-likeness (QED) is 0.445. The molecule has 2 aliphatic carbocycles. The fourth-order valence-electron chi connectivity index (χ4n) is 8.78. The van der Waals surface area contributed by atoms with E-state index in [1.165, 1.54) is 49.7 Å². The summed E-state index contributed by atoms with van der Waals surface area (Å²) in [6, 6.07) is 13.2. The molecule has 2 aromatic rings. The number of sulfone groups is 1. The maximum Gasteiger partial charge on any atom is 0.181 e. The molecule has 0 aromatic heterocycles. The molecule has 0 amide bonds. The highest BCUT2D eigenvalue weighted by atomic mass is 32.2. The molecule has 4 fully saturated rings. The minimum absolute atomic E-state index is 0.0724. The van der Waals surface area contributed by atoms with E-state index in [0.29, 0.717) is 22.6 Å². The van der Waals surface area contributed by atoms with Crippen molar-refractivity contribution in [3.8, 4) is 0 Å². The zero-order valence-corrected chi connectivity index (χ0v) is 24.7. The second kappa shape index (κ2) is 10.4. The van der Waals surface area contributed by atoms with Crippen LogP contribution in [0.4, 0.5) is 10.1 Å². The number of piperidine rings is 1. The van der Waals surface area contributed by atoms with Gasteiger partial charge in [-0.25, -0.2) is 12.8 Å². The van der Waals surface area contributed by atoms with Gasteiger partial charge in [0.15, 0.2) is 9.84 Å². The van der Waals surface area contributed by atoms with Gasteiger partial charge in [0, 0.05) is 49.7 Å². The van der Waals surface area contributed by atoms with Gasteiger partial charge in [0.1, 0.15) is 5.82 Å². The molecule has 40 heavy (non-hydrogen) atoms. The lowest BCUT2D eigenvalue weighted by molar-refractivity contribution is 0.0418. The summed E-state index contributed by atoms with van der Waals surface area (Å²) < 4.78 is 39.7. The van der Waals surface area contributed by atoms with Crippen molar-refractivity contribution in [3.63, 3.8) is 0 Å². The predicted molar refractivity (Wildman–Crippen MR) is 158 cm³/mol. The Bertz CT molecular complexity index is 1320. The van der Waals surface area contributed by atoms with Crippen molar-refractivity contribution in [2.24, 2.45) is 17.8 Å². The maximum absolute atomic E-state index is 14.6. The number of halogens is 1. The molecule has 2 aromatic carbocycles.